The second-order valence-electron chi connectivity index (χ2n) is 4.29. The monoisotopic (exact) mass is 202 g/mol. The maximum atomic E-state index is 4.32. The highest BCUT2D eigenvalue weighted by molar-refractivity contribution is 5.38. The van der Waals surface area contributed by atoms with Crippen LogP contribution >= 0.6 is 0 Å². The molecule has 1 fully saturated rings. The first-order valence-corrected chi connectivity index (χ1v) is 5.34. The summed E-state index contributed by atoms with van der Waals surface area (Å²) in [5, 5.41) is 7.87. The molecule has 0 bridgehead atoms. The maximum Gasteiger partial charge on any atom is 0.155 e. The van der Waals surface area contributed by atoms with Crippen LogP contribution in [0.3, 0.4) is 0 Å². The van der Waals surface area contributed by atoms with E-state index in [1.165, 1.54) is 12.1 Å². The van der Waals surface area contributed by atoms with Crippen molar-refractivity contribution in [2.45, 2.75) is 25.3 Å². The van der Waals surface area contributed by atoms with Gasteiger partial charge in [-0.2, -0.15) is 5.10 Å². The van der Waals surface area contributed by atoms with Crippen molar-refractivity contribution >= 4 is 5.65 Å². The third-order valence-electron chi connectivity index (χ3n) is 3.22. The van der Waals surface area contributed by atoms with Crippen molar-refractivity contribution in [3.05, 3.63) is 30.2 Å². The smallest absolute Gasteiger partial charge is 0.155 e. The second kappa shape index (κ2) is 3.03. The Morgan fingerprint density at radius 3 is 3.13 bits per heavy atom. The lowest BCUT2D eigenvalue weighted by Gasteiger charge is -2.24. The van der Waals surface area contributed by atoms with Crippen LogP contribution in [0.4, 0.5) is 0 Å². The van der Waals surface area contributed by atoms with Crippen molar-refractivity contribution in [2.24, 2.45) is 0 Å². The zero-order valence-electron chi connectivity index (χ0n) is 8.77. The summed E-state index contributed by atoms with van der Waals surface area (Å²) in [7, 11) is 0. The molecular weight excluding hydrogens is 188 g/mol. The van der Waals surface area contributed by atoms with Crippen molar-refractivity contribution in [1.82, 2.24) is 19.9 Å². The molecule has 15 heavy (non-hydrogen) atoms. The van der Waals surface area contributed by atoms with Gasteiger partial charge in [-0.25, -0.2) is 9.50 Å². The highest BCUT2D eigenvalue weighted by Gasteiger charge is 2.32. The first-order valence-electron chi connectivity index (χ1n) is 5.34. The van der Waals surface area contributed by atoms with E-state index in [-0.39, 0.29) is 5.54 Å². The van der Waals surface area contributed by atoms with Gasteiger partial charge in [-0.3, -0.25) is 0 Å². The van der Waals surface area contributed by atoms with Crippen molar-refractivity contribution in [1.29, 1.82) is 0 Å². The van der Waals surface area contributed by atoms with Crippen LogP contribution in [0.25, 0.3) is 5.65 Å². The van der Waals surface area contributed by atoms with Gasteiger partial charge in [-0.15, -0.1) is 0 Å². The summed E-state index contributed by atoms with van der Waals surface area (Å²) in [5.74, 6) is 0. The zero-order valence-corrected chi connectivity index (χ0v) is 8.77. The fraction of sp³-hybridized carbons (Fsp3) is 0.455. The molecule has 0 aliphatic carbocycles. The quantitative estimate of drug-likeness (QED) is 0.758. The summed E-state index contributed by atoms with van der Waals surface area (Å²) in [6, 6.07) is 3.99. The van der Waals surface area contributed by atoms with E-state index in [9.17, 15) is 0 Å². The average molecular weight is 202 g/mol. The molecule has 1 N–H and O–H groups in total. The molecule has 4 nitrogen and oxygen atoms in total. The van der Waals surface area contributed by atoms with Crippen molar-refractivity contribution in [3.63, 3.8) is 0 Å². The molecule has 0 aromatic carbocycles. The Morgan fingerprint density at radius 2 is 2.33 bits per heavy atom. The van der Waals surface area contributed by atoms with E-state index in [2.05, 4.69) is 28.4 Å². The lowest BCUT2D eigenvalue weighted by atomic mass is 9.96. The van der Waals surface area contributed by atoms with E-state index in [0.29, 0.717) is 0 Å². The Labute approximate surface area is 88.3 Å². The Bertz CT molecular complexity index is 482. The lowest BCUT2D eigenvalue weighted by Crippen LogP contribution is -2.35. The number of nitrogens with one attached hydrogen (secondary N) is 1. The number of rotatable bonds is 1. The molecule has 0 spiro atoms. The summed E-state index contributed by atoms with van der Waals surface area (Å²) in [5.41, 5.74) is 2.17. The van der Waals surface area contributed by atoms with Crippen molar-refractivity contribution in [2.75, 3.05) is 6.54 Å². The first kappa shape index (κ1) is 8.85. The highest BCUT2D eigenvalue weighted by Crippen LogP contribution is 2.29. The minimum absolute atomic E-state index is 0.0488. The normalized spacial score (nSPS) is 26.2. The van der Waals surface area contributed by atoms with E-state index >= 15 is 0 Å². The van der Waals surface area contributed by atoms with Gasteiger partial charge in [-0.05, 0) is 32.4 Å². The zero-order chi connectivity index (χ0) is 10.3. The van der Waals surface area contributed by atoms with Crippen LogP contribution in [-0.2, 0) is 5.54 Å². The van der Waals surface area contributed by atoms with E-state index in [0.717, 1.165) is 18.6 Å². The summed E-state index contributed by atoms with van der Waals surface area (Å²) in [6.45, 7) is 3.32. The number of hydrogen-bond donors (Lipinski definition) is 1. The second-order valence-corrected chi connectivity index (χ2v) is 4.29. The topological polar surface area (TPSA) is 42.2 Å². The van der Waals surface area contributed by atoms with Crippen LogP contribution in [-0.4, -0.2) is 21.1 Å². The van der Waals surface area contributed by atoms with E-state index in [1.807, 2.05) is 16.8 Å². The Morgan fingerprint density at radius 1 is 1.40 bits per heavy atom. The van der Waals surface area contributed by atoms with Gasteiger partial charge >= 0.3 is 0 Å². The molecule has 1 atom stereocenters. The average Bonchev–Trinajstić information content (AvgIpc) is 2.85. The molecule has 4 heteroatoms. The predicted octanol–water partition coefficient (Wildman–Crippen LogP) is 1.33. The van der Waals surface area contributed by atoms with Gasteiger partial charge in [-0.1, -0.05) is 0 Å². The third kappa shape index (κ3) is 1.25. The summed E-state index contributed by atoms with van der Waals surface area (Å²) >= 11 is 0. The molecule has 78 valence electrons. The minimum atomic E-state index is 0.0488. The fourth-order valence-corrected chi connectivity index (χ4v) is 2.37. The molecule has 3 heterocycles. The summed E-state index contributed by atoms with van der Waals surface area (Å²) < 4.78 is 1.93. The molecule has 2 aromatic rings. The highest BCUT2D eigenvalue weighted by atomic mass is 15.3. The van der Waals surface area contributed by atoms with Gasteiger partial charge in [0.15, 0.2) is 5.65 Å². The molecule has 1 unspecified atom stereocenters. The molecule has 1 aliphatic heterocycles. The summed E-state index contributed by atoms with van der Waals surface area (Å²) in [6.07, 6.45) is 6.04. The van der Waals surface area contributed by atoms with Crippen molar-refractivity contribution < 1.29 is 0 Å². The van der Waals surface area contributed by atoms with Gasteiger partial charge in [0.05, 0.1) is 17.4 Å². The molecular formula is C11H14N4. The Hall–Kier alpha value is -1.42. The number of hydrogen-bond acceptors (Lipinski definition) is 3. The molecule has 1 saturated heterocycles. The van der Waals surface area contributed by atoms with Crippen LogP contribution in [0.1, 0.15) is 25.5 Å². The largest absolute Gasteiger partial charge is 0.306 e. The van der Waals surface area contributed by atoms with Crippen LogP contribution in [0.2, 0.25) is 0 Å². The summed E-state index contributed by atoms with van der Waals surface area (Å²) in [4.78, 5) is 4.28. The number of nitrogens with zero attached hydrogens (tertiary/aromatic N) is 3. The molecule has 0 radical (unpaired) electrons. The van der Waals surface area contributed by atoms with E-state index in [1.54, 1.807) is 6.20 Å². The SMILES string of the molecule is CC1(c2ccnc3ccnn23)CCCN1. The molecule has 1 aliphatic rings. The van der Waals surface area contributed by atoms with Gasteiger partial charge in [0.1, 0.15) is 0 Å². The van der Waals surface area contributed by atoms with Crippen LogP contribution in [0.15, 0.2) is 24.5 Å². The van der Waals surface area contributed by atoms with Gasteiger partial charge < -0.3 is 5.32 Å². The van der Waals surface area contributed by atoms with Crippen LogP contribution in [0, 0.1) is 0 Å². The predicted molar refractivity (Wildman–Crippen MR) is 57.6 cm³/mol. The standard InChI is InChI=1S/C11H14N4/c1-11(5-2-6-13-11)9-3-7-12-10-4-8-14-15(9)10/h3-4,7-8,13H,2,5-6H2,1H3. The van der Waals surface area contributed by atoms with Gasteiger partial charge in [0.2, 0.25) is 0 Å². The van der Waals surface area contributed by atoms with Gasteiger partial charge in [0.25, 0.3) is 0 Å². The Kier molecular flexibility index (Phi) is 1.79. The molecule has 0 amide bonds. The first-order chi connectivity index (χ1) is 7.30. The van der Waals surface area contributed by atoms with E-state index < -0.39 is 0 Å². The molecule has 3 rings (SSSR count). The Balaban J connectivity index is 2.21. The van der Waals surface area contributed by atoms with Crippen molar-refractivity contribution in [3.8, 4) is 0 Å². The van der Waals surface area contributed by atoms with Crippen LogP contribution in [0.5, 0.6) is 0 Å². The van der Waals surface area contributed by atoms with Crippen LogP contribution < -0.4 is 5.32 Å². The molecule has 0 saturated carbocycles. The minimum Gasteiger partial charge on any atom is -0.306 e. The maximum absolute atomic E-state index is 4.32. The van der Waals surface area contributed by atoms with E-state index in [4.69, 9.17) is 0 Å². The number of fused-ring (bicyclic) bond motifs is 1. The number of aromatic nitrogens is 3. The molecule has 2 aromatic heterocycles. The fourth-order valence-electron chi connectivity index (χ4n) is 2.37. The lowest BCUT2D eigenvalue weighted by molar-refractivity contribution is 0.410. The van der Waals surface area contributed by atoms with Gasteiger partial charge in [0, 0.05) is 12.3 Å². The third-order valence-corrected chi connectivity index (χ3v) is 3.22.